The summed E-state index contributed by atoms with van der Waals surface area (Å²) in [6.45, 7) is 2.55. The number of allylic oxidation sites excluding steroid dienone is 1. The molecule has 0 atom stereocenters. The van der Waals surface area contributed by atoms with Gasteiger partial charge in [0.1, 0.15) is 12.4 Å². The summed E-state index contributed by atoms with van der Waals surface area (Å²) >= 11 is 8.05. The molecule has 3 heteroatoms. The van der Waals surface area contributed by atoms with Crippen LogP contribution in [0, 0.1) is 3.57 Å². The van der Waals surface area contributed by atoms with Gasteiger partial charge < -0.3 is 4.74 Å². The molecular weight excluding hydrogens is 298 g/mol. The van der Waals surface area contributed by atoms with E-state index in [4.69, 9.17) is 16.3 Å². The van der Waals surface area contributed by atoms with Gasteiger partial charge in [0.05, 0.1) is 3.57 Å². The predicted octanol–water partition coefficient (Wildman–Crippen LogP) is 3.90. The van der Waals surface area contributed by atoms with Crippen molar-refractivity contribution >= 4 is 34.2 Å². The highest BCUT2D eigenvalue weighted by molar-refractivity contribution is 14.1. The number of hydrogen-bond donors (Lipinski definition) is 0. The van der Waals surface area contributed by atoms with Crippen LogP contribution in [0.5, 0.6) is 5.75 Å². The van der Waals surface area contributed by atoms with E-state index in [1.807, 2.05) is 37.3 Å². The Bertz CT molecular complexity index is 310. The summed E-state index contributed by atoms with van der Waals surface area (Å²) in [7, 11) is 0. The second kappa shape index (κ2) is 5.50. The molecule has 0 saturated heterocycles. The third-order valence-corrected chi connectivity index (χ3v) is 2.59. The molecule has 1 rings (SSSR count). The SMILES string of the molecule is C/C=C/COc1cc(Cl)ccc1I. The van der Waals surface area contributed by atoms with Crippen molar-refractivity contribution in [1.29, 1.82) is 0 Å². The minimum absolute atomic E-state index is 0.590. The van der Waals surface area contributed by atoms with Gasteiger partial charge in [0.25, 0.3) is 0 Å². The maximum atomic E-state index is 5.83. The van der Waals surface area contributed by atoms with Gasteiger partial charge in [-0.15, -0.1) is 0 Å². The van der Waals surface area contributed by atoms with Gasteiger partial charge in [-0.2, -0.15) is 0 Å². The largest absolute Gasteiger partial charge is 0.488 e. The molecule has 1 nitrogen and oxygen atoms in total. The van der Waals surface area contributed by atoms with Gasteiger partial charge in [-0.25, -0.2) is 0 Å². The van der Waals surface area contributed by atoms with Gasteiger partial charge in [0.15, 0.2) is 0 Å². The Balaban J connectivity index is 2.69. The predicted molar refractivity (Wildman–Crippen MR) is 64.5 cm³/mol. The molecule has 0 unspecified atom stereocenters. The molecule has 0 heterocycles. The van der Waals surface area contributed by atoms with Crippen LogP contribution >= 0.6 is 34.2 Å². The first-order chi connectivity index (χ1) is 6.24. The fraction of sp³-hybridized carbons (Fsp3) is 0.200. The van der Waals surface area contributed by atoms with Crippen LogP contribution in [0.15, 0.2) is 30.4 Å². The first kappa shape index (κ1) is 10.9. The quantitative estimate of drug-likeness (QED) is 0.608. The number of halogens is 2. The third-order valence-electron chi connectivity index (χ3n) is 1.46. The lowest BCUT2D eigenvalue weighted by atomic mass is 10.3. The van der Waals surface area contributed by atoms with E-state index < -0.39 is 0 Å². The molecule has 0 aliphatic heterocycles. The lowest BCUT2D eigenvalue weighted by molar-refractivity contribution is 0.360. The van der Waals surface area contributed by atoms with E-state index in [2.05, 4.69) is 22.6 Å². The smallest absolute Gasteiger partial charge is 0.134 e. The number of rotatable bonds is 3. The zero-order valence-corrected chi connectivity index (χ0v) is 10.2. The van der Waals surface area contributed by atoms with Gasteiger partial charge >= 0.3 is 0 Å². The molecule has 1 aromatic carbocycles. The molecule has 0 fully saturated rings. The molecule has 0 bridgehead atoms. The first-order valence-electron chi connectivity index (χ1n) is 3.93. The summed E-state index contributed by atoms with van der Waals surface area (Å²) in [5.41, 5.74) is 0. The maximum Gasteiger partial charge on any atom is 0.134 e. The van der Waals surface area contributed by atoms with Gasteiger partial charge in [-0.05, 0) is 47.7 Å². The van der Waals surface area contributed by atoms with Crippen molar-refractivity contribution < 1.29 is 4.74 Å². The minimum Gasteiger partial charge on any atom is -0.488 e. The van der Waals surface area contributed by atoms with E-state index in [-0.39, 0.29) is 0 Å². The Morgan fingerprint density at radius 2 is 2.31 bits per heavy atom. The van der Waals surface area contributed by atoms with Crippen molar-refractivity contribution in [3.63, 3.8) is 0 Å². The van der Waals surface area contributed by atoms with Crippen molar-refractivity contribution in [2.24, 2.45) is 0 Å². The van der Waals surface area contributed by atoms with Crippen LogP contribution in [0.4, 0.5) is 0 Å². The van der Waals surface area contributed by atoms with Crippen LogP contribution in [0.2, 0.25) is 5.02 Å². The summed E-state index contributed by atoms with van der Waals surface area (Å²) < 4.78 is 6.55. The van der Waals surface area contributed by atoms with Crippen molar-refractivity contribution in [1.82, 2.24) is 0 Å². The van der Waals surface area contributed by atoms with E-state index in [1.54, 1.807) is 0 Å². The minimum atomic E-state index is 0.590. The zero-order valence-electron chi connectivity index (χ0n) is 7.26. The molecule has 0 amide bonds. The Morgan fingerprint density at radius 3 is 3.00 bits per heavy atom. The van der Waals surface area contributed by atoms with Gasteiger partial charge in [-0.1, -0.05) is 23.8 Å². The van der Waals surface area contributed by atoms with Crippen molar-refractivity contribution in [2.45, 2.75) is 6.92 Å². The van der Waals surface area contributed by atoms with E-state index in [1.165, 1.54) is 0 Å². The topological polar surface area (TPSA) is 9.23 Å². The van der Waals surface area contributed by atoms with Crippen LogP contribution < -0.4 is 4.74 Å². The van der Waals surface area contributed by atoms with E-state index in [0.29, 0.717) is 11.6 Å². The Kier molecular flexibility index (Phi) is 4.59. The maximum absolute atomic E-state index is 5.83. The van der Waals surface area contributed by atoms with Crippen molar-refractivity contribution in [2.75, 3.05) is 6.61 Å². The van der Waals surface area contributed by atoms with E-state index in [0.717, 1.165) is 9.32 Å². The number of ether oxygens (including phenoxy) is 1. The van der Waals surface area contributed by atoms with E-state index in [9.17, 15) is 0 Å². The summed E-state index contributed by atoms with van der Waals surface area (Å²) in [5, 5.41) is 0.705. The van der Waals surface area contributed by atoms with Gasteiger partial charge in [0.2, 0.25) is 0 Å². The molecule has 0 aliphatic carbocycles. The lowest BCUT2D eigenvalue weighted by Gasteiger charge is -2.05. The average molecular weight is 309 g/mol. The molecule has 1 aromatic rings. The molecular formula is C10H10ClIO. The second-order valence-electron chi connectivity index (χ2n) is 2.45. The van der Waals surface area contributed by atoms with Gasteiger partial charge in [0, 0.05) is 5.02 Å². The molecule has 70 valence electrons. The van der Waals surface area contributed by atoms with E-state index >= 15 is 0 Å². The summed E-state index contributed by atoms with van der Waals surface area (Å²) in [6.07, 6.45) is 3.91. The van der Waals surface area contributed by atoms with Gasteiger partial charge in [-0.3, -0.25) is 0 Å². The fourth-order valence-electron chi connectivity index (χ4n) is 0.822. The molecule has 13 heavy (non-hydrogen) atoms. The molecule has 0 spiro atoms. The molecule has 0 N–H and O–H groups in total. The second-order valence-corrected chi connectivity index (χ2v) is 4.05. The molecule has 0 radical (unpaired) electrons. The van der Waals surface area contributed by atoms with Crippen molar-refractivity contribution in [3.05, 3.63) is 38.9 Å². The lowest BCUT2D eigenvalue weighted by Crippen LogP contribution is -1.94. The fourth-order valence-corrected chi connectivity index (χ4v) is 1.48. The number of hydrogen-bond acceptors (Lipinski definition) is 1. The summed E-state index contributed by atoms with van der Waals surface area (Å²) in [4.78, 5) is 0. The Labute approximate surface area is 96.9 Å². The Morgan fingerprint density at radius 1 is 1.54 bits per heavy atom. The Hall–Kier alpha value is -0.220. The van der Waals surface area contributed by atoms with Crippen LogP contribution in [0.3, 0.4) is 0 Å². The van der Waals surface area contributed by atoms with Crippen LogP contribution in [0.25, 0.3) is 0 Å². The highest BCUT2D eigenvalue weighted by Gasteiger charge is 1.99. The molecule has 0 aliphatic rings. The van der Waals surface area contributed by atoms with Crippen molar-refractivity contribution in [3.8, 4) is 5.75 Å². The summed E-state index contributed by atoms with van der Waals surface area (Å²) in [5.74, 6) is 0.839. The third kappa shape index (κ3) is 3.56. The van der Waals surface area contributed by atoms with Crippen LogP contribution in [-0.4, -0.2) is 6.61 Å². The number of benzene rings is 1. The highest BCUT2D eigenvalue weighted by Crippen LogP contribution is 2.24. The van der Waals surface area contributed by atoms with Crippen LogP contribution in [-0.2, 0) is 0 Å². The summed E-state index contributed by atoms with van der Waals surface area (Å²) in [6, 6.07) is 5.62. The molecule has 0 aromatic heterocycles. The zero-order chi connectivity index (χ0) is 9.68. The first-order valence-corrected chi connectivity index (χ1v) is 5.38. The monoisotopic (exact) mass is 308 g/mol. The highest BCUT2D eigenvalue weighted by atomic mass is 127. The molecule has 0 saturated carbocycles. The average Bonchev–Trinajstić information content (AvgIpc) is 2.11. The van der Waals surface area contributed by atoms with Crippen LogP contribution in [0.1, 0.15) is 6.92 Å². The standard InChI is InChI=1S/C10H10ClIO/c1-2-3-6-13-10-7-8(11)4-5-9(10)12/h2-5,7H,6H2,1H3/b3-2+. The normalized spacial score (nSPS) is 10.7.